The molecular formula is C23H28F3N5O3. The highest BCUT2D eigenvalue weighted by Crippen LogP contribution is 2.40. The van der Waals surface area contributed by atoms with Gasteiger partial charge in [-0.3, -0.25) is 14.3 Å². The maximum absolute atomic E-state index is 13.1. The molecule has 1 atom stereocenters. The van der Waals surface area contributed by atoms with E-state index >= 15 is 0 Å². The van der Waals surface area contributed by atoms with Crippen LogP contribution in [0.2, 0.25) is 0 Å². The van der Waals surface area contributed by atoms with E-state index in [0.717, 1.165) is 12.8 Å². The first-order valence-corrected chi connectivity index (χ1v) is 11.5. The van der Waals surface area contributed by atoms with Gasteiger partial charge in [0, 0.05) is 38.0 Å². The normalized spacial score (nSPS) is 23.1. The molecule has 3 heterocycles. The third-order valence-corrected chi connectivity index (χ3v) is 6.57. The summed E-state index contributed by atoms with van der Waals surface area (Å²) in [6.45, 7) is 0.741. The van der Waals surface area contributed by atoms with Crippen molar-refractivity contribution in [2.45, 2.75) is 50.7 Å². The molecule has 1 aliphatic heterocycles. The van der Waals surface area contributed by atoms with Crippen LogP contribution in [0, 0.1) is 11.8 Å². The lowest BCUT2D eigenvalue weighted by molar-refractivity contribution is -0.185. The molecule has 184 valence electrons. The quantitative estimate of drug-likeness (QED) is 0.681. The smallest absolute Gasteiger partial charge is 0.391 e. The Kier molecular flexibility index (Phi) is 7.08. The zero-order valence-corrected chi connectivity index (χ0v) is 18.9. The van der Waals surface area contributed by atoms with Gasteiger partial charge < -0.3 is 15.0 Å². The third kappa shape index (κ3) is 5.51. The molecule has 2 aromatic rings. The lowest BCUT2D eigenvalue weighted by atomic mass is 9.81. The van der Waals surface area contributed by atoms with Crippen molar-refractivity contribution in [3.63, 3.8) is 0 Å². The van der Waals surface area contributed by atoms with E-state index in [4.69, 9.17) is 4.74 Å². The van der Waals surface area contributed by atoms with Gasteiger partial charge in [0.25, 0.3) is 5.91 Å². The first kappa shape index (κ1) is 24.0. The van der Waals surface area contributed by atoms with Crippen LogP contribution in [0.15, 0.2) is 30.6 Å². The van der Waals surface area contributed by atoms with E-state index in [0.29, 0.717) is 18.1 Å². The van der Waals surface area contributed by atoms with Gasteiger partial charge in [0.15, 0.2) is 17.3 Å². The molecule has 2 aromatic heterocycles. The van der Waals surface area contributed by atoms with Gasteiger partial charge in [-0.25, -0.2) is 4.98 Å². The number of hydrogen-bond acceptors (Lipinski definition) is 5. The van der Waals surface area contributed by atoms with E-state index in [1.165, 1.54) is 6.20 Å². The van der Waals surface area contributed by atoms with Crippen molar-refractivity contribution < 1.29 is 27.5 Å². The van der Waals surface area contributed by atoms with E-state index in [-0.39, 0.29) is 55.9 Å². The van der Waals surface area contributed by atoms with Gasteiger partial charge in [-0.15, -0.1) is 0 Å². The SMILES string of the molecule is Cn1ccc(NC(=O)c2ncccc2OC[C@@H]2CCCN2C(=O)C2CCC(C(F)(F)F)CC2)n1. The average molecular weight is 480 g/mol. The van der Waals surface area contributed by atoms with Gasteiger partial charge in [0.2, 0.25) is 5.91 Å². The summed E-state index contributed by atoms with van der Waals surface area (Å²) in [6, 6.07) is 4.76. The number of hydrogen-bond donors (Lipinski definition) is 1. The van der Waals surface area contributed by atoms with E-state index in [1.807, 2.05) is 0 Å². The maximum Gasteiger partial charge on any atom is 0.391 e. The second-order valence-electron chi connectivity index (χ2n) is 8.91. The van der Waals surface area contributed by atoms with Gasteiger partial charge in [-0.05, 0) is 50.7 Å². The molecule has 11 heteroatoms. The number of ether oxygens (including phenoxy) is 1. The molecular weight excluding hydrogens is 451 g/mol. The van der Waals surface area contributed by atoms with E-state index < -0.39 is 18.0 Å². The second kappa shape index (κ2) is 10.0. The molecule has 34 heavy (non-hydrogen) atoms. The van der Waals surface area contributed by atoms with Crippen LogP contribution in [-0.4, -0.2) is 56.8 Å². The van der Waals surface area contributed by atoms with Gasteiger partial charge in [0.05, 0.1) is 12.0 Å². The molecule has 1 aliphatic carbocycles. The third-order valence-electron chi connectivity index (χ3n) is 6.57. The fourth-order valence-corrected chi connectivity index (χ4v) is 4.72. The molecule has 0 aromatic carbocycles. The topological polar surface area (TPSA) is 89.4 Å². The summed E-state index contributed by atoms with van der Waals surface area (Å²) in [7, 11) is 1.74. The summed E-state index contributed by atoms with van der Waals surface area (Å²) in [5, 5.41) is 6.79. The maximum atomic E-state index is 13.1. The number of likely N-dealkylation sites (tertiary alicyclic amines) is 1. The first-order valence-electron chi connectivity index (χ1n) is 11.5. The summed E-state index contributed by atoms with van der Waals surface area (Å²) >= 11 is 0. The standard InChI is InChI=1S/C23H28F3N5O3/c1-30-13-10-19(29-30)28-21(32)20-18(5-2-11-27-20)34-14-17-4-3-12-31(17)22(33)15-6-8-16(9-7-15)23(24,25)26/h2,5,10-11,13,15-17H,3-4,6-9,12,14H2,1H3,(H,28,29,32)/t15?,16?,17-/m0/s1. The Balaban J connectivity index is 1.35. The Bertz CT molecular complexity index is 1020. The minimum absolute atomic E-state index is 0.000654. The Morgan fingerprint density at radius 1 is 1.18 bits per heavy atom. The van der Waals surface area contributed by atoms with Gasteiger partial charge in [-0.1, -0.05) is 0 Å². The Morgan fingerprint density at radius 3 is 2.62 bits per heavy atom. The fraction of sp³-hybridized carbons (Fsp3) is 0.565. The van der Waals surface area contributed by atoms with Gasteiger partial charge in [0.1, 0.15) is 6.61 Å². The molecule has 2 amide bonds. The fourth-order valence-electron chi connectivity index (χ4n) is 4.72. The molecule has 0 spiro atoms. The number of aryl methyl sites for hydroxylation is 1. The molecule has 8 nitrogen and oxygen atoms in total. The van der Waals surface area contributed by atoms with Crippen molar-refractivity contribution in [1.29, 1.82) is 0 Å². The van der Waals surface area contributed by atoms with Gasteiger partial charge >= 0.3 is 6.18 Å². The van der Waals surface area contributed by atoms with Crippen LogP contribution in [-0.2, 0) is 11.8 Å². The minimum atomic E-state index is -4.19. The summed E-state index contributed by atoms with van der Waals surface area (Å²) in [5.74, 6) is -1.56. The van der Waals surface area contributed by atoms with Crippen molar-refractivity contribution >= 4 is 17.6 Å². The Labute approximate surface area is 195 Å². The number of alkyl halides is 3. The summed E-state index contributed by atoms with van der Waals surface area (Å²) in [6.07, 6.45) is 1.05. The summed E-state index contributed by atoms with van der Waals surface area (Å²) < 4.78 is 46.4. The Morgan fingerprint density at radius 2 is 1.94 bits per heavy atom. The molecule has 0 unspecified atom stereocenters. The number of amides is 2. The lowest BCUT2D eigenvalue weighted by Gasteiger charge is -2.33. The molecule has 0 bridgehead atoms. The highest BCUT2D eigenvalue weighted by molar-refractivity contribution is 6.04. The zero-order valence-electron chi connectivity index (χ0n) is 18.9. The number of carbonyl (C=O) groups is 2. The van der Waals surface area contributed by atoms with Crippen LogP contribution in [0.3, 0.4) is 0 Å². The number of pyridine rings is 1. The van der Waals surface area contributed by atoms with Crippen LogP contribution >= 0.6 is 0 Å². The van der Waals surface area contributed by atoms with Crippen molar-refractivity contribution in [2.24, 2.45) is 18.9 Å². The number of carbonyl (C=O) groups excluding carboxylic acids is 2. The summed E-state index contributed by atoms with van der Waals surface area (Å²) in [5.41, 5.74) is 0.106. The molecule has 2 fully saturated rings. The molecule has 2 aliphatic rings. The van der Waals surface area contributed by atoms with Crippen LogP contribution in [0.1, 0.15) is 49.0 Å². The highest BCUT2D eigenvalue weighted by Gasteiger charge is 2.44. The van der Waals surface area contributed by atoms with E-state index in [1.54, 1.807) is 41.0 Å². The van der Waals surface area contributed by atoms with E-state index in [9.17, 15) is 22.8 Å². The van der Waals surface area contributed by atoms with Crippen molar-refractivity contribution in [1.82, 2.24) is 19.7 Å². The number of nitrogens with one attached hydrogen (secondary N) is 1. The molecule has 1 saturated heterocycles. The van der Waals surface area contributed by atoms with Crippen molar-refractivity contribution in [3.8, 4) is 5.75 Å². The van der Waals surface area contributed by atoms with Gasteiger partial charge in [-0.2, -0.15) is 18.3 Å². The molecule has 1 N–H and O–H groups in total. The van der Waals surface area contributed by atoms with E-state index in [2.05, 4.69) is 15.4 Å². The number of aromatic nitrogens is 3. The number of halogens is 3. The predicted octanol–water partition coefficient (Wildman–Crippen LogP) is 3.81. The molecule has 1 saturated carbocycles. The minimum Gasteiger partial charge on any atom is -0.489 e. The van der Waals surface area contributed by atoms with Crippen LogP contribution in [0.25, 0.3) is 0 Å². The molecule has 4 rings (SSSR count). The lowest BCUT2D eigenvalue weighted by Crippen LogP contribution is -2.44. The van der Waals surface area contributed by atoms with Crippen molar-refractivity contribution in [2.75, 3.05) is 18.5 Å². The van der Waals surface area contributed by atoms with Crippen molar-refractivity contribution in [3.05, 3.63) is 36.3 Å². The average Bonchev–Trinajstić information content (AvgIpc) is 3.45. The Hall–Kier alpha value is -3.11. The van der Waals surface area contributed by atoms with Crippen LogP contribution in [0.4, 0.5) is 19.0 Å². The predicted molar refractivity (Wildman–Crippen MR) is 117 cm³/mol. The van der Waals surface area contributed by atoms with Crippen LogP contribution < -0.4 is 10.1 Å². The van der Waals surface area contributed by atoms with Crippen LogP contribution in [0.5, 0.6) is 5.75 Å². The zero-order chi connectivity index (χ0) is 24.3. The molecule has 0 radical (unpaired) electrons. The first-order chi connectivity index (χ1) is 16.2. The monoisotopic (exact) mass is 479 g/mol. The summed E-state index contributed by atoms with van der Waals surface area (Å²) in [4.78, 5) is 31.6. The largest absolute Gasteiger partial charge is 0.489 e. The highest BCUT2D eigenvalue weighted by atomic mass is 19.4. The number of rotatable bonds is 6. The number of anilines is 1. The second-order valence-corrected chi connectivity index (χ2v) is 8.91. The number of nitrogens with zero attached hydrogens (tertiary/aromatic N) is 4.